The summed E-state index contributed by atoms with van der Waals surface area (Å²) < 4.78 is 3.50. The van der Waals surface area contributed by atoms with Crippen molar-refractivity contribution < 1.29 is 0 Å². The Kier molecular flexibility index (Phi) is 3.62. The van der Waals surface area contributed by atoms with Crippen molar-refractivity contribution in [1.29, 1.82) is 5.26 Å². The third-order valence-corrected chi connectivity index (χ3v) is 3.99. The number of aryl methyl sites for hydroxylation is 1. The lowest BCUT2D eigenvalue weighted by Crippen LogP contribution is -2.23. The van der Waals surface area contributed by atoms with Gasteiger partial charge in [0, 0.05) is 6.54 Å². The van der Waals surface area contributed by atoms with Gasteiger partial charge in [0.2, 0.25) is 5.78 Å². The molecular weight excluding hydrogens is 286 g/mol. The molecule has 1 aromatic carbocycles. The highest BCUT2D eigenvalue weighted by Gasteiger charge is 2.15. The van der Waals surface area contributed by atoms with Crippen molar-refractivity contribution in [2.75, 3.05) is 5.75 Å². The van der Waals surface area contributed by atoms with Crippen LogP contribution in [-0.4, -0.2) is 24.9 Å². The highest BCUT2D eigenvalue weighted by atomic mass is 32.2. The summed E-state index contributed by atoms with van der Waals surface area (Å²) in [5, 5.41) is 18.3. The van der Waals surface area contributed by atoms with E-state index in [2.05, 4.69) is 16.3 Å². The van der Waals surface area contributed by atoms with E-state index < -0.39 is 0 Å². The maximum Gasteiger partial charge on any atom is 0.262 e. The summed E-state index contributed by atoms with van der Waals surface area (Å²) in [7, 11) is 0. The van der Waals surface area contributed by atoms with Gasteiger partial charge in [-0.3, -0.25) is 13.8 Å². The van der Waals surface area contributed by atoms with Gasteiger partial charge in [-0.2, -0.15) is 5.26 Å². The summed E-state index contributed by atoms with van der Waals surface area (Å²) in [4.78, 5) is 12.6. The summed E-state index contributed by atoms with van der Waals surface area (Å²) in [6.45, 7) is 2.61. The molecule has 0 aliphatic rings. The SMILES string of the molecule is CCCn1c(=O)c2ccccc2n2c(SCC#N)nnc12. The van der Waals surface area contributed by atoms with Crippen LogP contribution in [0.1, 0.15) is 13.3 Å². The molecular formula is C14H13N5OS. The minimum atomic E-state index is -0.0517. The molecule has 21 heavy (non-hydrogen) atoms. The number of nitriles is 1. The molecule has 0 atom stereocenters. The molecule has 0 aliphatic heterocycles. The van der Waals surface area contributed by atoms with Crippen molar-refractivity contribution in [2.24, 2.45) is 0 Å². The van der Waals surface area contributed by atoms with Gasteiger partial charge < -0.3 is 0 Å². The van der Waals surface area contributed by atoms with Crippen LogP contribution in [0.25, 0.3) is 16.7 Å². The molecule has 106 valence electrons. The maximum atomic E-state index is 12.6. The van der Waals surface area contributed by atoms with Crippen molar-refractivity contribution in [3.8, 4) is 6.07 Å². The van der Waals surface area contributed by atoms with E-state index in [0.29, 0.717) is 28.6 Å². The van der Waals surface area contributed by atoms with Crippen molar-refractivity contribution in [3.05, 3.63) is 34.6 Å². The van der Waals surface area contributed by atoms with Gasteiger partial charge in [-0.25, -0.2) is 0 Å². The first-order valence-corrected chi connectivity index (χ1v) is 7.63. The standard InChI is InChI=1S/C14H13N5OS/c1-2-8-18-12(20)10-5-3-4-6-11(10)19-13(18)16-17-14(19)21-9-7-15/h3-6H,2,8-9H2,1H3. The van der Waals surface area contributed by atoms with E-state index in [4.69, 9.17) is 5.26 Å². The third-order valence-electron chi connectivity index (χ3n) is 3.19. The largest absolute Gasteiger partial charge is 0.276 e. The minimum Gasteiger partial charge on any atom is -0.276 e. The highest BCUT2D eigenvalue weighted by Crippen LogP contribution is 2.21. The third kappa shape index (κ3) is 2.17. The Hall–Kier alpha value is -2.33. The maximum absolute atomic E-state index is 12.6. The van der Waals surface area contributed by atoms with E-state index in [1.807, 2.05) is 35.6 Å². The minimum absolute atomic E-state index is 0.0517. The molecule has 0 bridgehead atoms. The van der Waals surface area contributed by atoms with Crippen LogP contribution in [0, 0.1) is 11.3 Å². The second-order valence-electron chi connectivity index (χ2n) is 4.54. The zero-order valence-electron chi connectivity index (χ0n) is 11.5. The number of para-hydroxylation sites is 1. The monoisotopic (exact) mass is 299 g/mol. The Morgan fingerprint density at radius 3 is 2.90 bits per heavy atom. The van der Waals surface area contributed by atoms with Gasteiger partial charge in [-0.1, -0.05) is 30.8 Å². The van der Waals surface area contributed by atoms with Crippen LogP contribution in [0.5, 0.6) is 0 Å². The van der Waals surface area contributed by atoms with Crippen LogP contribution in [0.4, 0.5) is 0 Å². The van der Waals surface area contributed by atoms with Gasteiger partial charge >= 0.3 is 0 Å². The van der Waals surface area contributed by atoms with Crippen LogP contribution >= 0.6 is 11.8 Å². The number of hydrogen-bond donors (Lipinski definition) is 0. The summed E-state index contributed by atoms with van der Waals surface area (Å²) in [5.74, 6) is 0.822. The van der Waals surface area contributed by atoms with Gasteiger partial charge in [0.15, 0.2) is 5.16 Å². The molecule has 6 nitrogen and oxygen atoms in total. The lowest BCUT2D eigenvalue weighted by atomic mass is 10.2. The topological polar surface area (TPSA) is 76.0 Å². The van der Waals surface area contributed by atoms with Gasteiger partial charge in [0.05, 0.1) is 22.7 Å². The van der Waals surface area contributed by atoms with Gasteiger partial charge in [-0.15, -0.1) is 10.2 Å². The fourth-order valence-electron chi connectivity index (χ4n) is 2.35. The lowest BCUT2D eigenvalue weighted by molar-refractivity contribution is 0.662. The molecule has 2 aromatic heterocycles. The van der Waals surface area contributed by atoms with E-state index in [9.17, 15) is 4.79 Å². The van der Waals surface area contributed by atoms with Crippen LogP contribution in [0.3, 0.4) is 0 Å². The lowest BCUT2D eigenvalue weighted by Gasteiger charge is -2.09. The molecule has 0 radical (unpaired) electrons. The molecule has 0 aliphatic carbocycles. The number of hydrogen-bond acceptors (Lipinski definition) is 5. The number of aromatic nitrogens is 4. The first kappa shape index (κ1) is 13.6. The summed E-state index contributed by atoms with van der Waals surface area (Å²) in [6, 6.07) is 9.49. The van der Waals surface area contributed by atoms with Crippen molar-refractivity contribution in [2.45, 2.75) is 25.0 Å². The summed E-state index contributed by atoms with van der Waals surface area (Å²) >= 11 is 1.32. The zero-order chi connectivity index (χ0) is 14.8. The average molecular weight is 299 g/mol. The van der Waals surface area contributed by atoms with Crippen molar-refractivity contribution in [1.82, 2.24) is 19.2 Å². The summed E-state index contributed by atoms with van der Waals surface area (Å²) in [6.07, 6.45) is 0.835. The van der Waals surface area contributed by atoms with Crippen molar-refractivity contribution in [3.63, 3.8) is 0 Å². The van der Waals surface area contributed by atoms with Gasteiger partial charge in [0.1, 0.15) is 0 Å². The van der Waals surface area contributed by atoms with Crippen molar-refractivity contribution >= 4 is 28.4 Å². The quantitative estimate of drug-likeness (QED) is 0.689. The van der Waals surface area contributed by atoms with Crippen LogP contribution in [0.2, 0.25) is 0 Å². The number of benzene rings is 1. The Morgan fingerprint density at radius 1 is 1.33 bits per heavy atom. The second kappa shape index (κ2) is 5.58. The van der Waals surface area contributed by atoms with Crippen LogP contribution < -0.4 is 5.56 Å². The van der Waals surface area contributed by atoms with Crippen LogP contribution in [0.15, 0.2) is 34.2 Å². The fraction of sp³-hybridized carbons (Fsp3) is 0.286. The molecule has 0 spiro atoms. The molecule has 0 unspecified atom stereocenters. The van der Waals surface area contributed by atoms with Crippen LogP contribution in [-0.2, 0) is 6.54 Å². The highest BCUT2D eigenvalue weighted by molar-refractivity contribution is 7.99. The molecule has 0 saturated heterocycles. The Balaban J connectivity index is 2.41. The molecule has 7 heteroatoms. The Bertz CT molecular complexity index is 905. The predicted octanol–water partition coefficient (Wildman–Crippen LogP) is 2.07. The molecule has 3 aromatic rings. The molecule has 2 heterocycles. The van der Waals surface area contributed by atoms with Gasteiger partial charge in [0.25, 0.3) is 5.56 Å². The zero-order valence-corrected chi connectivity index (χ0v) is 12.3. The number of thioether (sulfide) groups is 1. The predicted molar refractivity (Wildman–Crippen MR) is 81.4 cm³/mol. The molecule has 0 saturated carbocycles. The van der Waals surface area contributed by atoms with E-state index in [0.717, 1.165) is 11.9 Å². The molecule has 0 N–H and O–H groups in total. The normalized spacial score (nSPS) is 11.0. The number of nitrogens with zero attached hydrogens (tertiary/aromatic N) is 5. The van der Waals surface area contributed by atoms with E-state index in [1.54, 1.807) is 4.57 Å². The average Bonchev–Trinajstić information content (AvgIpc) is 2.93. The van der Waals surface area contributed by atoms with E-state index in [1.165, 1.54) is 11.8 Å². The Labute approximate surface area is 125 Å². The molecule has 0 amide bonds. The Morgan fingerprint density at radius 2 is 2.14 bits per heavy atom. The number of rotatable bonds is 4. The first-order valence-electron chi connectivity index (χ1n) is 6.64. The first-order chi connectivity index (χ1) is 10.3. The van der Waals surface area contributed by atoms with E-state index in [-0.39, 0.29) is 5.56 Å². The number of fused-ring (bicyclic) bond motifs is 3. The van der Waals surface area contributed by atoms with E-state index >= 15 is 0 Å². The summed E-state index contributed by atoms with van der Waals surface area (Å²) in [5.41, 5.74) is 0.722. The molecule has 0 fully saturated rings. The second-order valence-corrected chi connectivity index (χ2v) is 5.48. The molecule has 3 rings (SSSR count). The smallest absolute Gasteiger partial charge is 0.262 e. The van der Waals surface area contributed by atoms with Gasteiger partial charge in [-0.05, 0) is 18.6 Å². The fourth-order valence-corrected chi connectivity index (χ4v) is 2.95.